The Hall–Kier alpha value is -2.62. The highest BCUT2D eigenvalue weighted by molar-refractivity contribution is 7.91. The second kappa shape index (κ2) is 7.42. The van der Waals surface area contributed by atoms with E-state index in [1.54, 1.807) is 30.3 Å². The summed E-state index contributed by atoms with van der Waals surface area (Å²) in [6.07, 6.45) is -3.84. The zero-order chi connectivity index (χ0) is 20.5. The van der Waals surface area contributed by atoms with Crippen molar-refractivity contribution in [3.05, 3.63) is 64.6 Å². The van der Waals surface area contributed by atoms with Crippen LogP contribution in [0.15, 0.2) is 53.5 Å². The van der Waals surface area contributed by atoms with E-state index in [1.165, 1.54) is 4.90 Å². The monoisotopic (exact) mass is 414 g/mol. The van der Waals surface area contributed by atoms with Gasteiger partial charge < -0.3 is 9.47 Å². The molecule has 3 rings (SSSR count). The predicted molar refractivity (Wildman–Crippen MR) is 96.7 cm³/mol. The molecule has 2 heterocycles. The largest absolute Gasteiger partial charge is 0.417 e. The molecule has 0 saturated carbocycles. The van der Waals surface area contributed by atoms with Crippen molar-refractivity contribution in [2.75, 3.05) is 16.4 Å². The van der Waals surface area contributed by atoms with Crippen LogP contribution in [0, 0.1) is 0 Å². The van der Waals surface area contributed by atoms with Gasteiger partial charge >= 0.3 is 6.18 Å². The molecule has 0 N–H and O–H groups in total. The van der Waals surface area contributed by atoms with Crippen molar-refractivity contribution in [3.8, 4) is 0 Å². The highest BCUT2D eigenvalue weighted by Gasteiger charge is 2.36. The van der Waals surface area contributed by atoms with Crippen molar-refractivity contribution < 1.29 is 26.4 Å². The average Bonchev–Trinajstić information content (AvgIpc) is 2.96. The number of alkyl halides is 3. The van der Waals surface area contributed by atoms with Crippen LogP contribution in [0.25, 0.3) is 0 Å². The Kier molecular flexibility index (Phi) is 5.33. The maximum atomic E-state index is 12.9. The van der Waals surface area contributed by atoms with E-state index in [-0.39, 0.29) is 17.9 Å². The van der Waals surface area contributed by atoms with Gasteiger partial charge in [0, 0.05) is 18.0 Å². The van der Waals surface area contributed by atoms with E-state index in [0.717, 1.165) is 6.07 Å². The van der Waals surface area contributed by atoms with Gasteiger partial charge in [-0.15, -0.1) is 0 Å². The molecule has 1 atom stereocenters. The molecule has 10 heteroatoms. The minimum atomic E-state index is -4.66. The van der Waals surface area contributed by atoms with Gasteiger partial charge in [0.05, 0.1) is 23.1 Å². The minimum absolute atomic E-state index is 0.0716. The summed E-state index contributed by atoms with van der Waals surface area (Å²) in [6.45, 7) is -0.631. The van der Waals surface area contributed by atoms with Crippen LogP contribution in [0.3, 0.4) is 0 Å². The fraction of sp³-hybridized carbons (Fsp3) is 0.333. The lowest BCUT2D eigenvalue weighted by atomic mass is 10.1. The molecule has 1 aliphatic heterocycles. The number of para-hydroxylation sites is 1. The SMILES string of the molecule is O=C(Cn1cc(C(F)(F)F)ccc1=O)N(c1ccccc1)[C@@H]1CCS(=O)(=O)C1. The van der Waals surface area contributed by atoms with Crippen LogP contribution in [0.1, 0.15) is 12.0 Å². The van der Waals surface area contributed by atoms with Gasteiger partial charge in [0.25, 0.3) is 5.56 Å². The molecule has 1 aromatic heterocycles. The van der Waals surface area contributed by atoms with Crippen LogP contribution in [0.5, 0.6) is 0 Å². The summed E-state index contributed by atoms with van der Waals surface area (Å²) < 4.78 is 63.1. The Labute approximate surface area is 159 Å². The number of hydrogen-bond acceptors (Lipinski definition) is 4. The molecular formula is C18H17F3N2O4S. The highest BCUT2D eigenvalue weighted by atomic mass is 32.2. The average molecular weight is 414 g/mol. The molecule has 6 nitrogen and oxygen atoms in total. The topological polar surface area (TPSA) is 76.5 Å². The Morgan fingerprint density at radius 1 is 1.14 bits per heavy atom. The fourth-order valence-corrected chi connectivity index (χ4v) is 4.87. The summed E-state index contributed by atoms with van der Waals surface area (Å²) in [7, 11) is -3.30. The van der Waals surface area contributed by atoms with Gasteiger partial charge in [-0.2, -0.15) is 13.2 Å². The van der Waals surface area contributed by atoms with E-state index in [0.29, 0.717) is 22.5 Å². The molecule has 150 valence electrons. The van der Waals surface area contributed by atoms with E-state index in [2.05, 4.69) is 0 Å². The maximum absolute atomic E-state index is 12.9. The van der Waals surface area contributed by atoms with Crippen LogP contribution < -0.4 is 10.5 Å². The summed E-state index contributed by atoms with van der Waals surface area (Å²) in [5, 5.41) is 0. The number of anilines is 1. The first-order valence-electron chi connectivity index (χ1n) is 8.42. The Morgan fingerprint density at radius 2 is 1.82 bits per heavy atom. The number of nitrogens with zero attached hydrogens (tertiary/aromatic N) is 2. The number of amides is 1. The van der Waals surface area contributed by atoms with Crippen LogP contribution in [-0.2, 0) is 27.4 Å². The molecule has 1 saturated heterocycles. The van der Waals surface area contributed by atoms with Crippen molar-refractivity contribution in [1.82, 2.24) is 4.57 Å². The van der Waals surface area contributed by atoms with E-state index < -0.39 is 45.6 Å². The predicted octanol–water partition coefficient (Wildman–Crippen LogP) is 2.09. The lowest BCUT2D eigenvalue weighted by Gasteiger charge is -2.28. The second-order valence-corrected chi connectivity index (χ2v) is 8.77. The van der Waals surface area contributed by atoms with E-state index >= 15 is 0 Å². The number of carbonyl (C=O) groups is 1. The first kappa shape index (κ1) is 20.1. The molecule has 1 aliphatic rings. The molecule has 1 fully saturated rings. The summed E-state index contributed by atoms with van der Waals surface area (Å²) >= 11 is 0. The Bertz CT molecular complexity index is 1030. The summed E-state index contributed by atoms with van der Waals surface area (Å²) in [5.74, 6) is -0.960. The van der Waals surface area contributed by atoms with Crippen LogP contribution in [-0.4, -0.2) is 36.4 Å². The van der Waals surface area contributed by atoms with Crippen molar-refractivity contribution in [2.45, 2.75) is 25.2 Å². The van der Waals surface area contributed by atoms with Gasteiger partial charge in [0.1, 0.15) is 6.54 Å². The number of benzene rings is 1. The van der Waals surface area contributed by atoms with E-state index in [1.807, 2.05) is 0 Å². The number of aromatic nitrogens is 1. The molecule has 1 amide bonds. The molecule has 0 radical (unpaired) electrons. The fourth-order valence-electron chi connectivity index (χ4n) is 3.17. The third-order valence-electron chi connectivity index (χ3n) is 4.49. The number of hydrogen-bond donors (Lipinski definition) is 0. The second-order valence-electron chi connectivity index (χ2n) is 6.54. The van der Waals surface area contributed by atoms with Crippen molar-refractivity contribution in [1.29, 1.82) is 0 Å². The normalized spacial score (nSPS) is 18.8. The first-order valence-corrected chi connectivity index (χ1v) is 10.2. The Balaban J connectivity index is 1.94. The molecule has 28 heavy (non-hydrogen) atoms. The number of sulfone groups is 1. The van der Waals surface area contributed by atoms with Gasteiger partial charge in [-0.05, 0) is 24.6 Å². The highest BCUT2D eigenvalue weighted by Crippen LogP contribution is 2.28. The number of halogens is 3. The lowest BCUT2D eigenvalue weighted by molar-refractivity contribution is -0.138. The standard InChI is InChI=1S/C18H17F3N2O4S/c19-18(20,21)13-6-7-16(24)22(10-13)11-17(25)23(14-4-2-1-3-5-14)15-8-9-28(26,27)12-15/h1-7,10,15H,8-9,11-12H2/t15-/m1/s1. The molecule has 2 aromatic rings. The zero-order valence-electron chi connectivity index (χ0n) is 14.6. The van der Waals surface area contributed by atoms with Gasteiger partial charge in [-0.1, -0.05) is 18.2 Å². The van der Waals surface area contributed by atoms with Crippen molar-refractivity contribution >= 4 is 21.4 Å². The van der Waals surface area contributed by atoms with Crippen LogP contribution >= 0.6 is 0 Å². The summed E-state index contributed by atoms with van der Waals surface area (Å²) in [5.41, 5.74) is -1.38. The van der Waals surface area contributed by atoms with Gasteiger partial charge in [-0.3, -0.25) is 9.59 Å². The quantitative estimate of drug-likeness (QED) is 0.768. The van der Waals surface area contributed by atoms with Crippen molar-refractivity contribution in [2.24, 2.45) is 0 Å². The third-order valence-corrected chi connectivity index (χ3v) is 6.24. The third kappa shape index (κ3) is 4.44. The number of pyridine rings is 1. The van der Waals surface area contributed by atoms with Gasteiger partial charge in [-0.25, -0.2) is 8.42 Å². The molecule has 0 unspecified atom stereocenters. The molecule has 1 aromatic carbocycles. The number of carbonyl (C=O) groups excluding carboxylic acids is 1. The molecule has 0 spiro atoms. The molecule has 0 aliphatic carbocycles. The maximum Gasteiger partial charge on any atom is 0.417 e. The van der Waals surface area contributed by atoms with Gasteiger partial charge in [0.2, 0.25) is 5.91 Å². The number of rotatable bonds is 4. The van der Waals surface area contributed by atoms with Crippen LogP contribution in [0.4, 0.5) is 18.9 Å². The van der Waals surface area contributed by atoms with Crippen LogP contribution in [0.2, 0.25) is 0 Å². The molecule has 0 bridgehead atoms. The summed E-state index contributed by atoms with van der Waals surface area (Å²) in [6, 6.07) is 9.03. The zero-order valence-corrected chi connectivity index (χ0v) is 15.4. The van der Waals surface area contributed by atoms with E-state index in [4.69, 9.17) is 0 Å². The first-order chi connectivity index (χ1) is 13.1. The van der Waals surface area contributed by atoms with E-state index in [9.17, 15) is 31.2 Å². The van der Waals surface area contributed by atoms with Gasteiger partial charge in [0.15, 0.2) is 9.84 Å². The van der Waals surface area contributed by atoms with Crippen molar-refractivity contribution in [3.63, 3.8) is 0 Å². The minimum Gasteiger partial charge on any atom is -0.307 e. The lowest BCUT2D eigenvalue weighted by Crippen LogP contribution is -2.44. The Morgan fingerprint density at radius 3 is 2.39 bits per heavy atom. The summed E-state index contributed by atoms with van der Waals surface area (Å²) in [4.78, 5) is 26.1. The molecular weight excluding hydrogens is 397 g/mol. The smallest absolute Gasteiger partial charge is 0.307 e.